The van der Waals surface area contributed by atoms with Crippen LogP contribution < -0.4 is 4.74 Å². The molecule has 1 atom stereocenters. The Bertz CT molecular complexity index is 310. The lowest BCUT2D eigenvalue weighted by atomic mass is 10.2. The molecule has 0 spiro atoms. The van der Waals surface area contributed by atoms with Crippen LogP contribution >= 0.6 is 15.9 Å². The molecular weight excluding hydrogens is 268 g/mol. The monoisotopic (exact) mass is 272 g/mol. The SMILES string of the molecule is FC(Br)c1ccccc1OC(F)(F)F. The minimum atomic E-state index is -4.81. The average Bonchev–Trinajstić information content (AvgIpc) is 2.01. The zero-order valence-electron chi connectivity index (χ0n) is 6.68. The summed E-state index contributed by atoms with van der Waals surface area (Å²) in [6.45, 7) is 0. The van der Waals surface area contributed by atoms with Crippen LogP contribution in [0, 0.1) is 0 Å². The van der Waals surface area contributed by atoms with Crippen molar-refractivity contribution in [2.45, 2.75) is 11.4 Å². The van der Waals surface area contributed by atoms with Gasteiger partial charge in [0.25, 0.3) is 0 Å². The zero-order valence-corrected chi connectivity index (χ0v) is 8.27. The van der Waals surface area contributed by atoms with Gasteiger partial charge in [-0.3, -0.25) is 0 Å². The second kappa shape index (κ2) is 4.16. The Balaban J connectivity index is 2.96. The predicted octanol–water partition coefficient (Wildman–Crippen LogP) is 3.95. The summed E-state index contributed by atoms with van der Waals surface area (Å²) in [6, 6.07) is 5.02. The number of benzene rings is 1. The summed E-state index contributed by atoms with van der Waals surface area (Å²) in [5.41, 5.74) is -0.190. The van der Waals surface area contributed by atoms with Crippen molar-refractivity contribution in [1.82, 2.24) is 0 Å². The topological polar surface area (TPSA) is 9.23 Å². The fourth-order valence-corrected chi connectivity index (χ4v) is 1.26. The summed E-state index contributed by atoms with van der Waals surface area (Å²) in [4.78, 5) is 0. The minimum absolute atomic E-state index is 0.190. The van der Waals surface area contributed by atoms with Crippen LogP contribution in [0.15, 0.2) is 24.3 Å². The van der Waals surface area contributed by atoms with Gasteiger partial charge < -0.3 is 4.74 Å². The number of para-hydroxylation sites is 1. The lowest BCUT2D eigenvalue weighted by Gasteiger charge is -2.12. The summed E-state index contributed by atoms with van der Waals surface area (Å²) >= 11 is 2.53. The molecule has 6 heteroatoms. The molecule has 14 heavy (non-hydrogen) atoms. The summed E-state index contributed by atoms with van der Waals surface area (Å²) in [6.07, 6.45) is -4.81. The van der Waals surface area contributed by atoms with Gasteiger partial charge in [0.2, 0.25) is 0 Å². The molecule has 0 aromatic heterocycles. The van der Waals surface area contributed by atoms with Crippen molar-refractivity contribution in [3.63, 3.8) is 0 Å². The van der Waals surface area contributed by atoms with E-state index in [4.69, 9.17) is 0 Å². The molecule has 0 radical (unpaired) electrons. The summed E-state index contributed by atoms with van der Waals surface area (Å²) in [7, 11) is 0. The van der Waals surface area contributed by atoms with Crippen LogP contribution in [0.1, 0.15) is 10.6 Å². The molecule has 0 heterocycles. The van der Waals surface area contributed by atoms with Gasteiger partial charge >= 0.3 is 6.36 Å². The highest BCUT2D eigenvalue weighted by Crippen LogP contribution is 2.34. The van der Waals surface area contributed by atoms with E-state index < -0.39 is 17.2 Å². The highest BCUT2D eigenvalue weighted by atomic mass is 79.9. The van der Waals surface area contributed by atoms with Gasteiger partial charge in [0.1, 0.15) is 5.75 Å². The normalized spacial score (nSPS) is 13.8. The Labute approximate surface area is 85.8 Å². The Morgan fingerprint density at radius 1 is 1.21 bits per heavy atom. The highest BCUT2D eigenvalue weighted by Gasteiger charge is 2.32. The molecule has 0 saturated heterocycles. The van der Waals surface area contributed by atoms with E-state index >= 15 is 0 Å². The standard InChI is InChI=1S/C8H5BrF4O/c9-7(10)5-3-1-2-4-6(5)14-8(11,12)13/h1-4,7H. The smallest absolute Gasteiger partial charge is 0.405 e. The Morgan fingerprint density at radius 2 is 1.79 bits per heavy atom. The highest BCUT2D eigenvalue weighted by molar-refractivity contribution is 9.09. The van der Waals surface area contributed by atoms with Gasteiger partial charge in [0.15, 0.2) is 5.08 Å². The third-order valence-corrected chi connectivity index (χ3v) is 1.87. The zero-order chi connectivity index (χ0) is 10.8. The van der Waals surface area contributed by atoms with E-state index in [2.05, 4.69) is 20.7 Å². The first-order valence-corrected chi connectivity index (χ1v) is 4.44. The second-order valence-electron chi connectivity index (χ2n) is 2.39. The molecule has 0 aliphatic heterocycles. The summed E-state index contributed by atoms with van der Waals surface area (Å²) in [5, 5.41) is -1.68. The molecule has 0 amide bonds. The van der Waals surface area contributed by atoms with Crippen molar-refractivity contribution >= 4 is 15.9 Å². The quantitative estimate of drug-likeness (QED) is 0.585. The Kier molecular flexibility index (Phi) is 3.36. The van der Waals surface area contributed by atoms with Crippen LogP contribution in [-0.2, 0) is 0 Å². The van der Waals surface area contributed by atoms with Gasteiger partial charge in [-0.15, -0.1) is 13.2 Å². The van der Waals surface area contributed by atoms with Crippen molar-refractivity contribution in [3.8, 4) is 5.75 Å². The molecule has 1 aromatic rings. The first kappa shape index (κ1) is 11.3. The molecule has 0 saturated carbocycles. The van der Waals surface area contributed by atoms with Crippen LogP contribution in [0.3, 0.4) is 0 Å². The molecule has 0 fully saturated rings. The Morgan fingerprint density at radius 3 is 2.29 bits per heavy atom. The first-order valence-electron chi connectivity index (χ1n) is 3.53. The fourth-order valence-electron chi connectivity index (χ4n) is 0.878. The van der Waals surface area contributed by atoms with Crippen molar-refractivity contribution in [3.05, 3.63) is 29.8 Å². The van der Waals surface area contributed by atoms with Gasteiger partial charge in [-0.1, -0.05) is 18.2 Å². The predicted molar refractivity (Wildman–Crippen MR) is 45.9 cm³/mol. The fraction of sp³-hybridized carbons (Fsp3) is 0.250. The maximum absolute atomic E-state index is 12.7. The molecule has 78 valence electrons. The first-order chi connectivity index (χ1) is 6.40. The number of rotatable bonds is 2. The number of ether oxygens (including phenoxy) is 1. The summed E-state index contributed by atoms with van der Waals surface area (Å²) < 4.78 is 51.8. The van der Waals surface area contributed by atoms with Gasteiger partial charge in [-0.25, -0.2) is 4.39 Å². The van der Waals surface area contributed by atoms with E-state index in [9.17, 15) is 17.6 Å². The number of hydrogen-bond donors (Lipinski definition) is 0. The number of alkyl halides is 5. The van der Waals surface area contributed by atoms with Gasteiger partial charge in [-0.2, -0.15) is 0 Å². The lowest BCUT2D eigenvalue weighted by molar-refractivity contribution is -0.275. The number of hydrogen-bond acceptors (Lipinski definition) is 1. The van der Waals surface area contributed by atoms with Crippen molar-refractivity contribution in [1.29, 1.82) is 0 Å². The van der Waals surface area contributed by atoms with Crippen molar-refractivity contribution in [2.75, 3.05) is 0 Å². The summed E-state index contributed by atoms with van der Waals surface area (Å²) in [5.74, 6) is -0.538. The van der Waals surface area contributed by atoms with E-state index in [0.29, 0.717) is 0 Å². The van der Waals surface area contributed by atoms with Crippen molar-refractivity contribution < 1.29 is 22.3 Å². The maximum atomic E-state index is 12.7. The third-order valence-electron chi connectivity index (χ3n) is 1.38. The van der Waals surface area contributed by atoms with E-state index in [0.717, 1.165) is 6.07 Å². The van der Waals surface area contributed by atoms with E-state index in [1.165, 1.54) is 18.2 Å². The molecule has 0 aliphatic rings. The van der Waals surface area contributed by atoms with Gasteiger partial charge in [-0.05, 0) is 22.0 Å². The largest absolute Gasteiger partial charge is 0.573 e. The van der Waals surface area contributed by atoms with Crippen LogP contribution in [-0.4, -0.2) is 6.36 Å². The molecule has 0 bridgehead atoms. The second-order valence-corrected chi connectivity index (χ2v) is 3.19. The molecule has 1 unspecified atom stereocenters. The third kappa shape index (κ3) is 3.17. The van der Waals surface area contributed by atoms with Crippen LogP contribution in [0.25, 0.3) is 0 Å². The van der Waals surface area contributed by atoms with Crippen LogP contribution in [0.4, 0.5) is 17.6 Å². The van der Waals surface area contributed by atoms with Gasteiger partial charge in [0.05, 0.1) is 0 Å². The van der Waals surface area contributed by atoms with Crippen LogP contribution in [0.2, 0.25) is 0 Å². The van der Waals surface area contributed by atoms with Gasteiger partial charge in [0, 0.05) is 5.56 Å². The molecule has 0 N–H and O–H groups in total. The maximum Gasteiger partial charge on any atom is 0.573 e. The molecule has 1 aromatic carbocycles. The Hall–Kier alpha value is -0.780. The molecule has 1 nitrogen and oxygen atoms in total. The molecule has 1 rings (SSSR count). The number of halogens is 5. The lowest BCUT2D eigenvalue weighted by Crippen LogP contribution is -2.18. The molecule has 0 aliphatic carbocycles. The van der Waals surface area contributed by atoms with Crippen molar-refractivity contribution in [2.24, 2.45) is 0 Å². The van der Waals surface area contributed by atoms with E-state index in [1.54, 1.807) is 0 Å². The van der Waals surface area contributed by atoms with Crippen LogP contribution in [0.5, 0.6) is 5.75 Å². The minimum Gasteiger partial charge on any atom is -0.405 e. The molecular formula is C8H5BrF4O. The average molecular weight is 273 g/mol. The van der Waals surface area contributed by atoms with E-state index in [1.807, 2.05) is 0 Å². The van der Waals surface area contributed by atoms with E-state index in [-0.39, 0.29) is 5.56 Å².